The van der Waals surface area contributed by atoms with Crippen molar-refractivity contribution in [2.24, 2.45) is 5.92 Å². The summed E-state index contributed by atoms with van der Waals surface area (Å²) in [6.07, 6.45) is 5.89. The van der Waals surface area contributed by atoms with E-state index in [-0.39, 0.29) is 5.92 Å². The molecule has 1 amide bonds. The number of piperazine rings is 1. The highest BCUT2D eigenvalue weighted by molar-refractivity contribution is 5.79. The van der Waals surface area contributed by atoms with Gasteiger partial charge in [-0.1, -0.05) is 19.3 Å². The predicted molar refractivity (Wildman–Crippen MR) is 87.9 cm³/mol. The van der Waals surface area contributed by atoms with Gasteiger partial charge in [0.15, 0.2) is 11.5 Å². The van der Waals surface area contributed by atoms with Crippen molar-refractivity contribution in [1.82, 2.24) is 4.90 Å². The minimum Gasteiger partial charge on any atom is -0.454 e. The Hall–Kier alpha value is -1.91. The first-order chi connectivity index (χ1) is 11.3. The van der Waals surface area contributed by atoms with Crippen molar-refractivity contribution in [3.05, 3.63) is 18.2 Å². The Morgan fingerprint density at radius 2 is 1.70 bits per heavy atom. The highest BCUT2D eigenvalue weighted by Crippen LogP contribution is 2.35. The van der Waals surface area contributed by atoms with E-state index in [4.69, 9.17) is 9.47 Å². The van der Waals surface area contributed by atoms with Crippen LogP contribution in [0.2, 0.25) is 0 Å². The van der Waals surface area contributed by atoms with Crippen LogP contribution in [-0.2, 0) is 4.79 Å². The zero-order valence-electron chi connectivity index (χ0n) is 13.5. The van der Waals surface area contributed by atoms with Gasteiger partial charge in [0.1, 0.15) is 0 Å². The lowest BCUT2D eigenvalue weighted by Gasteiger charge is -2.38. The number of amides is 1. The molecule has 124 valence electrons. The first kappa shape index (κ1) is 14.7. The van der Waals surface area contributed by atoms with E-state index in [1.165, 1.54) is 19.3 Å². The molecule has 0 unspecified atom stereocenters. The summed E-state index contributed by atoms with van der Waals surface area (Å²) >= 11 is 0. The number of anilines is 1. The number of fused-ring (bicyclic) bond motifs is 1. The molecule has 2 heterocycles. The van der Waals surface area contributed by atoms with E-state index in [0.717, 1.165) is 56.2 Å². The number of carbonyl (C=O) groups excluding carboxylic acids is 1. The zero-order valence-corrected chi connectivity index (χ0v) is 13.5. The van der Waals surface area contributed by atoms with E-state index >= 15 is 0 Å². The Balaban J connectivity index is 1.36. The van der Waals surface area contributed by atoms with Gasteiger partial charge in [0.2, 0.25) is 12.7 Å². The van der Waals surface area contributed by atoms with Crippen LogP contribution in [0.3, 0.4) is 0 Å². The van der Waals surface area contributed by atoms with Crippen LogP contribution in [0.25, 0.3) is 0 Å². The van der Waals surface area contributed by atoms with Gasteiger partial charge in [0.25, 0.3) is 0 Å². The first-order valence-electron chi connectivity index (χ1n) is 8.75. The number of ether oxygens (including phenoxy) is 2. The molecule has 1 saturated carbocycles. The van der Waals surface area contributed by atoms with Crippen molar-refractivity contribution >= 4 is 11.6 Å². The van der Waals surface area contributed by atoms with E-state index < -0.39 is 0 Å². The number of benzene rings is 1. The Bertz CT molecular complexity index is 576. The van der Waals surface area contributed by atoms with Gasteiger partial charge in [0, 0.05) is 43.9 Å². The Morgan fingerprint density at radius 3 is 2.48 bits per heavy atom. The lowest BCUT2D eigenvalue weighted by atomic mass is 9.88. The first-order valence-corrected chi connectivity index (χ1v) is 8.75. The number of rotatable bonds is 2. The second-order valence-electron chi connectivity index (χ2n) is 6.68. The van der Waals surface area contributed by atoms with Crippen molar-refractivity contribution in [1.29, 1.82) is 0 Å². The van der Waals surface area contributed by atoms with Crippen LogP contribution >= 0.6 is 0 Å². The van der Waals surface area contributed by atoms with Crippen molar-refractivity contribution < 1.29 is 14.3 Å². The van der Waals surface area contributed by atoms with Gasteiger partial charge >= 0.3 is 0 Å². The number of carbonyl (C=O) groups is 1. The summed E-state index contributed by atoms with van der Waals surface area (Å²) in [6, 6.07) is 6.09. The molecular weight excluding hydrogens is 292 g/mol. The second kappa shape index (κ2) is 6.30. The molecule has 1 saturated heterocycles. The third-order valence-electron chi connectivity index (χ3n) is 5.27. The molecular formula is C18H24N2O3. The van der Waals surface area contributed by atoms with Gasteiger partial charge in [0.05, 0.1) is 0 Å². The third-order valence-corrected chi connectivity index (χ3v) is 5.27. The van der Waals surface area contributed by atoms with Crippen LogP contribution in [0.4, 0.5) is 5.69 Å². The summed E-state index contributed by atoms with van der Waals surface area (Å²) in [7, 11) is 0. The maximum Gasteiger partial charge on any atom is 0.231 e. The number of hydrogen-bond donors (Lipinski definition) is 0. The van der Waals surface area contributed by atoms with Gasteiger partial charge < -0.3 is 19.3 Å². The fraction of sp³-hybridized carbons (Fsp3) is 0.611. The minimum absolute atomic E-state index is 0.279. The van der Waals surface area contributed by atoms with Crippen molar-refractivity contribution in [2.45, 2.75) is 32.1 Å². The summed E-state index contributed by atoms with van der Waals surface area (Å²) in [5.74, 6) is 2.30. The molecule has 0 spiro atoms. The Labute approximate surface area is 137 Å². The summed E-state index contributed by atoms with van der Waals surface area (Å²) in [5, 5.41) is 0. The molecule has 5 heteroatoms. The Kier molecular flexibility index (Phi) is 4.02. The maximum absolute atomic E-state index is 12.6. The molecule has 1 aromatic rings. The molecule has 5 nitrogen and oxygen atoms in total. The molecule has 0 aromatic heterocycles. The molecule has 1 aromatic carbocycles. The van der Waals surface area contributed by atoms with E-state index in [9.17, 15) is 4.79 Å². The monoisotopic (exact) mass is 316 g/mol. The summed E-state index contributed by atoms with van der Waals surface area (Å²) < 4.78 is 10.8. The molecule has 0 radical (unpaired) electrons. The van der Waals surface area contributed by atoms with Crippen LogP contribution < -0.4 is 14.4 Å². The molecule has 0 atom stereocenters. The average Bonchev–Trinajstić information content (AvgIpc) is 3.10. The van der Waals surface area contributed by atoms with Gasteiger partial charge in [-0.05, 0) is 25.0 Å². The van der Waals surface area contributed by atoms with E-state index in [1.807, 2.05) is 12.1 Å². The number of nitrogens with zero attached hydrogens (tertiary/aromatic N) is 2. The van der Waals surface area contributed by atoms with Crippen molar-refractivity contribution in [3.8, 4) is 11.5 Å². The van der Waals surface area contributed by atoms with Crippen LogP contribution in [0, 0.1) is 5.92 Å². The topological polar surface area (TPSA) is 42.0 Å². The van der Waals surface area contributed by atoms with E-state index in [0.29, 0.717) is 12.7 Å². The van der Waals surface area contributed by atoms with Crippen LogP contribution in [0.1, 0.15) is 32.1 Å². The summed E-state index contributed by atoms with van der Waals surface area (Å²) in [4.78, 5) is 17.0. The molecule has 0 bridgehead atoms. The lowest BCUT2D eigenvalue weighted by molar-refractivity contribution is -0.136. The Morgan fingerprint density at radius 1 is 0.957 bits per heavy atom. The molecule has 4 rings (SSSR count). The van der Waals surface area contributed by atoms with E-state index in [1.54, 1.807) is 0 Å². The van der Waals surface area contributed by atoms with Crippen LogP contribution in [0.5, 0.6) is 11.5 Å². The maximum atomic E-state index is 12.6. The molecule has 1 aliphatic carbocycles. The zero-order chi connectivity index (χ0) is 15.6. The number of hydrogen-bond acceptors (Lipinski definition) is 4. The van der Waals surface area contributed by atoms with E-state index in [2.05, 4.69) is 15.9 Å². The average molecular weight is 316 g/mol. The predicted octanol–water partition coefficient (Wildman–Crippen LogP) is 2.64. The van der Waals surface area contributed by atoms with Crippen LogP contribution in [0.15, 0.2) is 18.2 Å². The molecule has 2 fully saturated rings. The fourth-order valence-corrected chi connectivity index (χ4v) is 3.87. The highest BCUT2D eigenvalue weighted by atomic mass is 16.7. The SMILES string of the molecule is O=C(C1CCCCC1)N1CCN(c2ccc3c(c2)OCO3)CC1. The summed E-state index contributed by atoms with van der Waals surface area (Å²) in [5.41, 5.74) is 1.15. The summed E-state index contributed by atoms with van der Waals surface area (Å²) in [6.45, 7) is 3.73. The van der Waals surface area contributed by atoms with Crippen LogP contribution in [-0.4, -0.2) is 43.8 Å². The second-order valence-corrected chi connectivity index (χ2v) is 6.68. The minimum atomic E-state index is 0.279. The smallest absolute Gasteiger partial charge is 0.231 e. The lowest BCUT2D eigenvalue weighted by Crippen LogP contribution is -2.50. The van der Waals surface area contributed by atoms with Gasteiger partial charge in [-0.25, -0.2) is 0 Å². The highest BCUT2D eigenvalue weighted by Gasteiger charge is 2.28. The standard InChI is InChI=1S/C18H24N2O3/c21-18(14-4-2-1-3-5-14)20-10-8-19(9-11-20)15-6-7-16-17(12-15)23-13-22-16/h6-7,12,14H,1-5,8-11,13H2. The van der Waals surface area contributed by atoms with Crippen molar-refractivity contribution in [3.63, 3.8) is 0 Å². The van der Waals surface area contributed by atoms with Gasteiger partial charge in [-0.2, -0.15) is 0 Å². The molecule has 3 aliphatic rings. The quantitative estimate of drug-likeness (QED) is 0.841. The molecule has 2 aliphatic heterocycles. The van der Waals surface area contributed by atoms with Gasteiger partial charge in [-0.3, -0.25) is 4.79 Å². The van der Waals surface area contributed by atoms with Crippen molar-refractivity contribution in [2.75, 3.05) is 37.9 Å². The molecule has 0 N–H and O–H groups in total. The largest absolute Gasteiger partial charge is 0.454 e. The molecule has 23 heavy (non-hydrogen) atoms. The fourth-order valence-electron chi connectivity index (χ4n) is 3.87. The normalized spacial score (nSPS) is 21.6. The van der Waals surface area contributed by atoms with Gasteiger partial charge in [-0.15, -0.1) is 0 Å². The third kappa shape index (κ3) is 2.96.